The number of hydrogen-bond acceptors (Lipinski definition) is 4. The fourth-order valence-electron chi connectivity index (χ4n) is 2.69. The van der Waals surface area contributed by atoms with Gasteiger partial charge in [-0.15, -0.1) is 0 Å². The van der Waals surface area contributed by atoms with Crippen molar-refractivity contribution < 1.29 is 37.4 Å². The van der Waals surface area contributed by atoms with Crippen molar-refractivity contribution in [2.75, 3.05) is 17.7 Å². The predicted molar refractivity (Wildman–Crippen MR) is 113 cm³/mol. The third kappa shape index (κ3) is 6.04. The van der Waals surface area contributed by atoms with E-state index >= 15 is 0 Å². The third-order valence-electron chi connectivity index (χ3n) is 4.24. The maximum absolute atomic E-state index is 12.9. The summed E-state index contributed by atoms with van der Waals surface area (Å²) in [4.78, 5) is 23.9. The monoisotopic (exact) mass is 481 g/mol. The highest BCUT2D eigenvalue weighted by Gasteiger charge is 2.33. The average Bonchev–Trinajstić information content (AvgIpc) is 2.76. The summed E-state index contributed by atoms with van der Waals surface area (Å²) in [5.41, 5.74) is -0.838. The van der Waals surface area contributed by atoms with E-state index < -0.39 is 28.7 Å². The van der Waals surface area contributed by atoms with Crippen molar-refractivity contribution >= 4 is 34.9 Å². The Labute approximate surface area is 190 Å². The first-order chi connectivity index (χ1) is 15.6. The third-order valence-corrected chi connectivity index (χ3v) is 4.57. The molecule has 0 aliphatic heterocycles. The summed E-state index contributed by atoms with van der Waals surface area (Å²) in [5.74, 6) is 0.129. The molecule has 0 unspecified atom stereocenters. The van der Waals surface area contributed by atoms with Gasteiger partial charge in [0.25, 0.3) is 0 Å². The van der Waals surface area contributed by atoms with Crippen molar-refractivity contribution in [2.45, 2.75) is 6.18 Å². The number of nitrogens with one attached hydrogen (secondary N) is 3. The second-order valence-electron chi connectivity index (χ2n) is 6.57. The number of pyridine rings is 1. The quantitative estimate of drug-likeness (QED) is 0.314. The lowest BCUT2D eigenvalue weighted by Crippen LogP contribution is -2.40. The van der Waals surface area contributed by atoms with Crippen molar-refractivity contribution in [1.82, 2.24) is 5.32 Å². The molecule has 3 rings (SSSR count). The van der Waals surface area contributed by atoms with E-state index in [0.717, 1.165) is 12.1 Å². The van der Waals surface area contributed by atoms with Gasteiger partial charge in [-0.25, -0.2) is 4.79 Å². The Morgan fingerprint density at radius 3 is 2.24 bits per heavy atom. The summed E-state index contributed by atoms with van der Waals surface area (Å²) in [7, 11) is 1.42. The number of benzene rings is 2. The maximum atomic E-state index is 12.9. The van der Waals surface area contributed by atoms with E-state index in [1.807, 2.05) is 0 Å². The number of ether oxygens (including phenoxy) is 1. The number of amides is 3. The fourth-order valence-corrected chi connectivity index (χ4v) is 2.92. The molecule has 0 saturated heterocycles. The molecule has 0 aliphatic carbocycles. The zero-order chi connectivity index (χ0) is 24.2. The number of alkyl halides is 3. The van der Waals surface area contributed by atoms with Gasteiger partial charge in [-0.05, 0) is 42.5 Å². The number of carbonyl (C=O) groups excluding carboxylic acids is 2. The number of urea groups is 1. The number of carbonyl (C=O) groups is 2. The van der Waals surface area contributed by atoms with Crippen LogP contribution in [0.1, 0.15) is 16.1 Å². The zero-order valence-electron chi connectivity index (χ0n) is 16.9. The molecule has 4 N–H and O–H groups in total. The van der Waals surface area contributed by atoms with Gasteiger partial charge in [0.1, 0.15) is 11.5 Å². The van der Waals surface area contributed by atoms with Gasteiger partial charge >= 0.3 is 23.8 Å². The van der Waals surface area contributed by atoms with Gasteiger partial charge in [0.05, 0.1) is 16.7 Å². The summed E-state index contributed by atoms with van der Waals surface area (Å²) in [6, 6.07) is 11.1. The summed E-state index contributed by atoms with van der Waals surface area (Å²) in [6.45, 7) is 0. The van der Waals surface area contributed by atoms with E-state index in [4.69, 9.17) is 16.3 Å². The first-order valence-corrected chi connectivity index (χ1v) is 9.64. The van der Waals surface area contributed by atoms with Crippen LogP contribution in [-0.4, -0.2) is 24.2 Å². The molecule has 0 bridgehead atoms. The molecule has 0 radical (unpaired) electrons. The number of anilines is 2. The van der Waals surface area contributed by atoms with Gasteiger partial charge in [-0.1, -0.05) is 11.6 Å². The number of hydrogen-bond donors (Lipinski definition) is 4. The molecular weight excluding hydrogens is 465 g/mol. The molecule has 8 nitrogen and oxygen atoms in total. The Kier molecular flexibility index (Phi) is 6.92. The lowest BCUT2D eigenvalue weighted by Gasteiger charge is -2.12. The molecule has 3 amide bonds. The lowest BCUT2D eigenvalue weighted by atomic mass is 10.2. The van der Waals surface area contributed by atoms with Gasteiger partial charge in [-0.2, -0.15) is 13.2 Å². The molecule has 33 heavy (non-hydrogen) atoms. The van der Waals surface area contributed by atoms with Gasteiger partial charge in [-0.3, -0.25) is 10.0 Å². The molecule has 172 valence electrons. The lowest BCUT2D eigenvalue weighted by molar-refractivity contribution is -0.905. The first-order valence-electron chi connectivity index (χ1n) is 9.26. The van der Waals surface area contributed by atoms with Crippen LogP contribution in [-0.2, 0) is 6.18 Å². The van der Waals surface area contributed by atoms with Crippen LogP contribution in [0.5, 0.6) is 11.5 Å². The Morgan fingerprint density at radius 2 is 1.61 bits per heavy atom. The van der Waals surface area contributed by atoms with Crippen LogP contribution in [0, 0.1) is 0 Å². The van der Waals surface area contributed by atoms with Crippen molar-refractivity contribution in [2.24, 2.45) is 0 Å². The minimum absolute atomic E-state index is 0.0409. The first kappa shape index (κ1) is 23.7. The summed E-state index contributed by atoms with van der Waals surface area (Å²) < 4.78 is 45.1. The number of halogens is 4. The SMILES string of the molecule is CNC(=O)c1cc(Oc2ccc(NC(=O)Nc3ccc(Cl)c(C(F)(F)F)c3)cc2)cc[n+]1O. The smallest absolute Gasteiger partial charge is 0.417 e. The molecule has 0 fully saturated rings. The molecule has 3 aromatic rings. The molecule has 0 spiro atoms. The van der Waals surface area contributed by atoms with E-state index in [-0.39, 0.29) is 17.1 Å². The summed E-state index contributed by atoms with van der Waals surface area (Å²) in [6.07, 6.45) is -3.42. The van der Waals surface area contributed by atoms with Crippen LogP contribution in [0.15, 0.2) is 60.8 Å². The summed E-state index contributed by atoms with van der Waals surface area (Å²) >= 11 is 5.57. The highest BCUT2D eigenvalue weighted by atomic mass is 35.5. The van der Waals surface area contributed by atoms with E-state index in [2.05, 4.69) is 16.0 Å². The van der Waals surface area contributed by atoms with Crippen molar-refractivity contribution in [3.8, 4) is 11.5 Å². The van der Waals surface area contributed by atoms with Crippen molar-refractivity contribution in [3.05, 3.63) is 77.1 Å². The van der Waals surface area contributed by atoms with Crippen LogP contribution in [0.3, 0.4) is 0 Å². The van der Waals surface area contributed by atoms with Crippen molar-refractivity contribution in [3.63, 3.8) is 0 Å². The average molecular weight is 482 g/mol. The minimum atomic E-state index is -4.65. The van der Waals surface area contributed by atoms with E-state index in [0.29, 0.717) is 16.2 Å². The summed E-state index contributed by atoms with van der Waals surface area (Å²) in [5, 5.41) is 16.4. The number of nitrogens with zero attached hydrogens (tertiary/aromatic N) is 1. The predicted octanol–water partition coefficient (Wildman–Crippen LogP) is 4.68. The molecule has 12 heteroatoms. The van der Waals surface area contributed by atoms with E-state index in [1.165, 1.54) is 55.7 Å². The van der Waals surface area contributed by atoms with Crippen LogP contribution in [0.25, 0.3) is 0 Å². The second-order valence-corrected chi connectivity index (χ2v) is 6.98. The van der Waals surface area contributed by atoms with Gasteiger partial charge in [0.15, 0.2) is 0 Å². The topological polar surface area (TPSA) is 104 Å². The molecular formula is C21H17ClF3N4O4+. The molecule has 0 saturated carbocycles. The Bertz CT molecular complexity index is 1190. The van der Waals surface area contributed by atoms with Crippen LogP contribution >= 0.6 is 11.6 Å². The van der Waals surface area contributed by atoms with E-state index in [1.54, 1.807) is 0 Å². The molecule has 1 heterocycles. The van der Waals surface area contributed by atoms with Crippen molar-refractivity contribution in [1.29, 1.82) is 0 Å². The Hall–Kier alpha value is -3.99. The normalized spacial score (nSPS) is 10.9. The van der Waals surface area contributed by atoms with Crippen LogP contribution in [0.4, 0.5) is 29.3 Å². The fraction of sp³-hybridized carbons (Fsp3) is 0.0952. The Morgan fingerprint density at radius 1 is 0.970 bits per heavy atom. The highest BCUT2D eigenvalue weighted by Crippen LogP contribution is 2.36. The zero-order valence-corrected chi connectivity index (χ0v) is 17.7. The largest absolute Gasteiger partial charge is 0.457 e. The maximum Gasteiger partial charge on any atom is 0.417 e. The highest BCUT2D eigenvalue weighted by molar-refractivity contribution is 6.31. The molecule has 1 aromatic heterocycles. The Balaban J connectivity index is 1.64. The number of aromatic nitrogens is 1. The molecule has 0 atom stereocenters. The number of rotatable bonds is 5. The molecule has 0 aliphatic rings. The van der Waals surface area contributed by atoms with Gasteiger partial charge in [0, 0.05) is 29.2 Å². The standard InChI is InChI=1S/C21H16ClF3N4O4/c1-26-19(30)18-11-15(8-9-29(18)32)33-14-5-2-12(3-6-14)27-20(31)28-13-4-7-17(22)16(10-13)21(23,24)25/h2-11H,1H3,(H3-,26,27,28,30,31,32)/p+1. The molecule has 2 aromatic carbocycles. The minimum Gasteiger partial charge on any atom is -0.457 e. The van der Waals surface area contributed by atoms with Gasteiger partial charge in [0.2, 0.25) is 6.20 Å². The van der Waals surface area contributed by atoms with Crippen LogP contribution < -0.4 is 25.4 Å². The van der Waals surface area contributed by atoms with Gasteiger partial charge < -0.3 is 20.7 Å². The van der Waals surface area contributed by atoms with Crippen LogP contribution in [0.2, 0.25) is 5.02 Å². The van der Waals surface area contributed by atoms with E-state index in [9.17, 15) is 28.0 Å². The second kappa shape index (κ2) is 9.65.